The number of carboxylic acid groups (broad SMARTS) is 1. The predicted octanol–water partition coefficient (Wildman–Crippen LogP) is -0.260. The fourth-order valence-corrected chi connectivity index (χ4v) is 0.751. The van der Waals surface area contributed by atoms with Gasteiger partial charge in [-0.2, -0.15) is 0 Å². The van der Waals surface area contributed by atoms with Gasteiger partial charge in [0.05, 0.1) is 0 Å². The summed E-state index contributed by atoms with van der Waals surface area (Å²) in [6.07, 6.45) is 1.38. The molecule has 1 atom stereocenters. The van der Waals surface area contributed by atoms with Gasteiger partial charge in [-0.15, -0.1) is 0 Å². The molecule has 3 N–H and O–H groups in total. The first kappa shape index (κ1) is 10.4. The van der Waals surface area contributed by atoms with E-state index in [2.05, 4.69) is 0 Å². The zero-order valence-corrected chi connectivity index (χ0v) is 7.08. The van der Waals surface area contributed by atoms with Gasteiger partial charge in [-0.1, -0.05) is 0 Å². The molecule has 11 heavy (non-hydrogen) atoms. The van der Waals surface area contributed by atoms with Crippen LogP contribution in [0.1, 0.15) is 12.8 Å². The molecule has 0 bridgehead atoms. The van der Waals surface area contributed by atoms with E-state index in [4.69, 9.17) is 10.8 Å². The number of aliphatic carboxylic acids is 1. The monoisotopic (exact) mass is 160 g/mol. The van der Waals surface area contributed by atoms with Crippen LogP contribution < -0.4 is 5.73 Å². The average molecular weight is 160 g/mol. The van der Waals surface area contributed by atoms with E-state index in [1.54, 1.807) is 0 Å². The standard InChI is InChI=1S/C7H16N2O2/c1-9(2)5-3-4-6(8)7(10)11/h6H,3-5,8H2,1-2H3,(H,10,11)/t6-/m1/s1. The van der Waals surface area contributed by atoms with E-state index in [0.29, 0.717) is 6.42 Å². The van der Waals surface area contributed by atoms with Crippen LogP contribution in [0.25, 0.3) is 0 Å². The molecule has 0 radical (unpaired) electrons. The van der Waals surface area contributed by atoms with Gasteiger partial charge in [0.2, 0.25) is 0 Å². The molecule has 0 rings (SSSR count). The Labute approximate surface area is 67.0 Å². The van der Waals surface area contributed by atoms with Crippen molar-refractivity contribution in [1.29, 1.82) is 0 Å². The highest BCUT2D eigenvalue weighted by molar-refractivity contribution is 5.72. The first-order valence-electron chi connectivity index (χ1n) is 3.67. The smallest absolute Gasteiger partial charge is 0.320 e. The number of nitrogens with two attached hydrogens (primary N) is 1. The second-order valence-electron chi connectivity index (χ2n) is 2.89. The molecule has 4 nitrogen and oxygen atoms in total. The summed E-state index contributed by atoms with van der Waals surface area (Å²) in [7, 11) is 3.90. The van der Waals surface area contributed by atoms with E-state index in [1.807, 2.05) is 19.0 Å². The normalized spacial score (nSPS) is 13.5. The maximum absolute atomic E-state index is 10.2. The lowest BCUT2D eigenvalue weighted by atomic mass is 10.2. The number of carbonyl (C=O) groups is 1. The summed E-state index contributed by atoms with van der Waals surface area (Å²) >= 11 is 0. The van der Waals surface area contributed by atoms with Gasteiger partial charge < -0.3 is 15.7 Å². The zero-order valence-electron chi connectivity index (χ0n) is 7.08. The first-order chi connectivity index (χ1) is 5.04. The maximum atomic E-state index is 10.2. The minimum Gasteiger partial charge on any atom is -0.480 e. The lowest BCUT2D eigenvalue weighted by molar-refractivity contribution is -0.138. The Morgan fingerprint density at radius 1 is 1.64 bits per heavy atom. The summed E-state index contributed by atoms with van der Waals surface area (Å²) in [6.45, 7) is 0.890. The molecule has 0 aliphatic heterocycles. The fourth-order valence-electron chi connectivity index (χ4n) is 0.751. The molecule has 0 aromatic heterocycles. The van der Waals surface area contributed by atoms with Crippen LogP contribution >= 0.6 is 0 Å². The molecule has 0 aromatic carbocycles. The van der Waals surface area contributed by atoms with Crippen LogP contribution in [0, 0.1) is 0 Å². The third-order valence-corrected chi connectivity index (χ3v) is 1.44. The Kier molecular flexibility index (Phi) is 4.81. The summed E-state index contributed by atoms with van der Waals surface area (Å²) < 4.78 is 0. The van der Waals surface area contributed by atoms with Gasteiger partial charge in [0.1, 0.15) is 6.04 Å². The van der Waals surface area contributed by atoms with Gasteiger partial charge in [-0.25, -0.2) is 0 Å². The van der Waals surface area contributed by atoms with Crippen LogP contribution in [0.5, 0.6) is 0 Å². The minimum atomic E-state index is -0.913. The molecular weight excluding hydrogens is 144 g/mol. The van der Waals surface area contributed by atoms with Crippen LogP contribution in [0.4, 0.5) is 0 Å². The van der Waals surface area contributed by atoms with Crippen molar-refractivity contribution in [3.63, 3.8) is 0 Å². The second-order valence-corrected chi connectivity index (χ2v) is 2.89. The number of carboxylic acids is 1. The van der Waals surface area contributed by atoms with Crippen molar-refractivity contribution < 1.29 is 9.90 Å². The topological polar surface area (TPSA) is 66.6 Å². The van der Waals surface area contributed by atoms with Crippen molar-refractivity contribution in [2.75, 3.05) is 20.6 Å². The van der Waals surface area contributed by atoms with Crippen molar-refractivity contribution in [3.8, 4) is 0 Å². The van der Waals surface area contributed by atoms with Crippen LogP contribution in [0.15, 0.2) is 0 Å². The Balaban J connectivity index is 3.31. The summed E-state index contributed by atoms with van der Waals surface area (Å²) in [5.41, 5.74) is 5.28. The lowest BCUT2D eigenvalue weighted by Gasteiger charge is -2.10. The molecule has 0 saturated heterocycles. The molecule has 0 amide bonds. The first-order valence-corrected chi connectivity index (χ1v) is 3.67. The predicted molar refractivity (Wildman–Crippen MR) is 43.4 cm³/mol. The Hall–Kier alpha value is -0.610. The third-order valence-electron chi connectivity index (χ3n) is 1.44. The van der Waals surface area contributed by atoms with E-state index in [0.717, 1.165) is 13.0 Å². The largest absolute Gasteiger partial charge is 0.480 e. The molecule has 0 aromatic rings. The van der Waals surface area contributed by atoms with Crippen molar-refractivity contribution >= 4 is 5.97 Å². The Morgan fingerprint density at radius 2 is 2.18 bits per heavy atom. The average Bonchev–Trinajstić information content (AvgIpc) is 1.86. The molecule has 0 spiro atoms. The van der Waals surface area contributed by atoms with E-state index in [9.17, 15) is 4.79 Å². The van der Waals surface area contributed by atoms with Gasteiger partial charge in [0.15, 0.2) is 0 Å². The zero-order chi connectivity index (χ0) is 8.85. The van der Waals surface area contributed by atoms with Gasteiger partial charge in [0, 0.05) is 0 Å². The summed E-state index contributed by atoms with van der Waals surface area (Å²) in [4.78, 5) is 12.2. The molecule has 66 valence electrons. The Morgan fingerprint density at radius 3 is 2.55 bits per heavy atom. The lowest BCUT2D eigenvalue weighted by Crippen LogP contribution is -2.30. The van der Waals surface area contributed by atoms with Crippen LogP contribution in [0.2, 0.25) is 0 Å². The van der Waals surface area contributed by atoms with Crippen LogP contribution in [-0.2, 0) is 4.79 Å². The summed E-state index contributed by atoms with van der Waals surface area (Å²) in [5, 5.41) is 8.41. The van der Waals surface area contributed by atoms with Crippen LogP contribution in [0.3, 0.4) is 0 Å². The maximum Gasteiger partial charge on any atom is 0.320 e. The number of hydrogen-bond acceptors (Lipinski definition) is 3. The molecule has 0 aliphatic carbocycles. The van der Waals surface area contributed by atoms with Gasteiger partial charge in [-0.05, 0) is 33.5 Å². The highest BCUT2D eigenvalue weighted by Crippen LogP contribution is 1.95. The van der Waals surface area contributed by atoms with E-state index in [-0.39, 0.29) is 0 Å². The number of hydrogen-bond donors (Lipinski definition) is 2. The third kappa shape index (κ3) is 5.82. The number of nitrogens with zero attached hydrogens (tertiary/aromatic N) is 1. The van der Waals surface area contributed by atoms with E-state index >= 15 is 0 Å². The highest BCUT2D eigenvalue weighted by atomic mass is 16.4. The van der Waals surface area contributed by atoms with Gasteiger partial charge >= 0.3 is 5.97 Å². The number of rotatable bonds is 5. The van der Waals surface area contributed by atoms with Crippen molar-refractivity contribution in [1.82, 2.24) is 4.90 Å². The summed E-state index contributed by atoms with van der Waals surface area (Å²) in [6, 6.07) is -0.699. The van der Waals surface area contributed by atoms with E-state index < -0.39 is 12.0 Å². The fraction of sp³-hybridized carbons (Fsp3) is 0.857. The van der Waals surface area contributed by atoms with Crippen molar-refractivity contribution in [3.05, 3.63) is 0 Å². The van der Waals surface area contributed by atoms with Crippen molar-refractivity contribution in [2.24, 2.45) is 5.73 Å². The molecule has 0 unspecified atom stereocenters. The second kappa shape index (κ2) is 5.09. The quantitative estimate of drug-likeness (QED) is 0.581. The highest BCUT2D eigenvalue weighted by Gasteiger charge is 2.09. The molecule has 0 fully saturated rings. The Bertz CT molecular complexity index is 126. The molecule has 4 heteroatoms. The van der Waals surface area contributed by atoms with E-state index in [1.165, 1.54) is 0 Å². The van der Waals surface area contributed by atoms with Crippen molar-refractivity contribution in [2.45, 2.75) is 18.9 Å². The molecular formula is C7H16N2O2. The molecule has 0 saturated carbocycles. The van der Waals surface area contributed by atoms with Crippen LogP contribution in [-0.4, -0.2) is 42.7 Å². The van der Waals surface area contributed by atoms with Gasteiger partial charge in [0.25, 0.3) is 0 Å². The SMILES string of the molecule is CN(C)CCC[C@@H](N)C(=O)O. The molecule has 0 heterocycles. The summed E-state index contributed by atoms with van der Waals surface area (Å²) in [5.74, 6) is -0.913. The molecule has 0 aliphatic rings. The minimum absolute atomic E-state index is 0.549. The van der Waals surface area contributed by atoms with Gasteiger partial charge in [-0.3, -0.25) is 4.79 Å².